The van der Waals surface area contributed by atoms with Crippen molar-refractivity contribution in [3.05, 3.63) is 167 Å². The van der Waals surface area contributed by atoms with Gasteiger partial charge in [-0.3, -0.25) is 9.55 Å². The van der Waals surface area contributed by atoms with Crippen LogP contribution in [0.5, 0.6) is 5.75 Å². The van der Waals surface area contributed by atoms with Gasteiger partial charge in [0.2, 0.25) is 0 Å². The second-order valence-corrected chi connectivity index (χ2v) is 19.8. The van der Waals surface area contributed by atoms with Crippen LogP contribution in [0.25, 0.3) is 72.7 Å². The Morgan fingerprint density at radius 3 is 2.03 bits per heavy atom. The van der Waals surface area contributed by atoms with Gasteiger partial charge in [0.25, 0.3) is 0 Å². The van der Waals surface area contributed by atoms with Crippen LogP contribution in [-0.2, 0) is 16.2 Å². The van der Waals surface area contributed by atoms with Crippen LogP contribution in [-0.4, -0.2) is 19.6 Å². The van der Waals surface area contributed by atoms with E-state index in [9.17, 15) is 5.11 Å². The minimum atomic E-state index is -4.06. The molecule has 0 saturated carbocycles. The maximum atomic E-state index is 16.7. The average molecular weight is 877 g/mol. The fourth-order valence-corrected chi connectivity index (χ4v) is 8.31. The van der Waals surface area contributed by atoms with E-state index in [2.05, 4.69) is 74.5 Å². The van der Waals surface area contributed by atoms with Crippen LogP contribution >= 0.6 is 0 Å². The van der Waals surface area contributed by atoms with E-state index in [0.29, 0.717) is 39.2 Å². The zero-order chi connectivity index (χ0) is 56.2. The molecule has 0 spiro atoms. The molecule has 0 fully saturated rings. The number of aromatic hydroxyl groups is 1. The number of hydrogen-bond donors (Lipinski definition) is 1. The molecule has 332 valence electrons. The summed E-state index contributed by atoms with van der Waals surface area (Å²) < 4.78 is 126. The molecular formula is C59H61F2N3O. The molecule has 0 atom stereocenters. The lowest BCUT2D eigenvalue weighted by Crippen LogP contribution is -2.34. The molecule has 0 aliphatic carbocycles. The summed E-state index contributed by atoms with van der Waals surface area (Å²) in [5.74, 6) is -3.47. The second-order valence-electron chi connectivity index (χ2n) is 19.8. The number of para-hydroxylation sites is 1. The standard InChI is InChI=1S/C59H61F2N3O/c1-35-28-36(2)54(65)46(29-35)55-63-53-44(20-17-21-50(53)64(55)49-25-22-41(59(12,13)58(9,10)11)34-45(49)37-18-15-14-16-19-37)39-30-40(32-42(31-39)56(3,4)5)48-33-38(26-27-62-48)43-23-24-47(57(6,7)8)52(61)51(43)60/h14-34,65H,1-13H3/i6D3,7D3,8D3,23D,24D. The maximum Gasteiger partial charge on any atom is 0.166 e. The number of benzene rings is 6. The summed E-state index contributed by atoms with van der Waals surface area (Å²) >= 11 is 0. The lowest BCUT2D eigenvalue weighted by Gasteiger charge is -2.40. The smallest absolute Gasteiger partial charge is 0.166 e. The first-order chi connectivity index (χ1) is 35.0. The maximum absolute atomic E-state index is 16.7. The van der Waals surface area contributed by atoms with Crippen LogP contribution < -0.4 is 0 Å². The first-order valence-electron chi connectivity index (χ1n) is 27.2. The van der Waals surface area contributed by atoms with Crippen molar-refractivity contribution in [3.63, 3.8) is 0 Å². The minimum Gasteiger partial charge on any atom is -0.507 e. The number of halogens is 2. The molecule has 1 N–H and O–H groups in total. The Bertz CT molecular complexity index is 3520. The van der Waals surface area contributed by atoms with Crippen LogP contribution in [0.2, 0.25) is 0 Å². The Kier molecular flexibility index (Phi) is 8.28. The highest BCUT2D eigenvalue weighted by Crippen LogP contribution is 2.46. The summed E-state index contributed by atoms with van der Waals surface area (Å²) in [6.07, 6.45) is 1.29. The molecular weight excluding hydrogens is 805 g/mol. The van der Waals surface area contributed by atoms with Crippen molar-refractivity contribution >= 4 is 11.0 Å². The Labute approximate surface area is 399 Å². The highest BCUT2D eigenvalue weighted by Gasteiger charge is 2.35. The number of phenols is 1. The fourth-order valence-electron chi connectivity index (χ4n) is 8.31. The number of imidazole rings is 1. The van der Waals surface area contributed by atoms with Gasteiger partial charge in [-0.15, -0.1) is 0 Å². The summed E-state index contributed by atoms with van der Waals surface area (Å²) in [4.78, 5) is 10.1. The van der Waals surface area contributed by atoms with E-state index in [4.69, 9.17) is 20.1 Å². The minimum absolute atomic E-state index is 0.0870. The van der Waals surface area contributed by atoms with Crippen LogP contribution in [0.1, 0.15) is 119 Å². The Balaban J connectivity index is 1.39. The van der Waals surface area contributed by atoms with Crippen molar-refractivity contribution < 1.29 is 29.0 Å². The highest BCUT2D eigenvalue weighted by atomic mass is 19.2. The molecule has 2 heterocycles. The molecule has 0 radical (unpaired) electrons. The normalized spacial score (nSPS) is 15.7. The van der Waals surface area contributed by atoms with Gasteiger partial charge in [-0.05, 0) is 129 Å². The van der Waals surface area contributed by atoms with E-state index in [1.54, 1.807) is 0 Å². The predicted octanol–water partition coefficient (Wildman–Crippen LogP) is 16.3. The van der Waals surface area contributed by atoms with Crippen LogP contribution in [0, 0.1) is 30.9 Å². The topological polar surface area (TPSA) is 50.9 Å². The quantitative estimate of drug-likeness (QED) is 0.174. The first-order valence-corrected chi connectivity index (χ1v) is 21.7. The number of pyridine rings is 1. The SMILES string of the molecule is [2H]c1c([2H])c(C(C([2H])([2H])[2H])(C([2H])([2H])[2H])C([2H])([2H])[2H])c(F)c(F)c1-c1ccnc(-c2cc(-c3cccc4c3nc(-c3cc(C)cc(C)c3O)n4-c3ccc(C(C)(C)C(C)(C)C)cc3-c3ccccc3)cc(C(C)(C)C)c2)c1. The molecule has 2 aromatic heterocycles. The molecule has 0 amide bonds. The van der Waals surface area contributed by atoms with E-state index in [1.807, 2.05) is 101 Å². The molecule has 0 bridgehead atoms. The van der Waals surface area contributed by atoms with Gasteiger partial charge in [-0.1, -0.05) is 149 Å². The summed E-state index contributed by atoms with van der Waals surface area (Å²) in [5, 5.41) is 11.9. The van der Waals surface area contributed by atoms with Gasteiger partial charge in [-0.2, -0.15) is 0 Å². The number of phenolic OH excluding ortho intramolecular Hbond substituents is 1. The lowest BCUT2D eigenvalue weighted by molar-refractivity contribution is 0.225. The fraction of sp³-hybridized carbons (Fsp3) is 0.288. The largest absolute Gasteiger partial charge is 0.507 e. The predicted molar refractivity (Wildman–Crippen MR) is 267 cm³/mol. The summed E-state index contributed by atoms with van der Waals surface area (Å²) in [7, 11) is 0. The van der Waals surface area contributed by atoms with E-state index in [1.165, 1.54) is 18.3 Å². The van der Waals surface area contributed by atoms with E-state index >= 15 is 8.78 Å². The molecule has 0 saturated heterocycles. The van der Waals surface area contributed by atoms with Crippen LogP contribution in [0.3, 0.4) is 0 Å². The zero-order valence-electron chi connectivity index (χ0n) is 49.5. The number of rotatable bonds is 7. The van der Waals surface area contributed by atoms with E-state index < -0.39 is 66.2 Å². The molecule has 8 rings (SSSR count). The number of aryl methyl sites for hydroxylation is 2. The Morgan fingerprint density at radius 2 is 1.34 bits per heavy atom. The number of aromatic nitrogens is 3. The Hall–Kier alpha value is -6.40. The van der Waals surface area contributed by atoms with Gasteiger partial charge in [0.05, 0.1) is 30.7 Å². The third-order valence-electron chi connectivity index (χ3n) is 13.1. The van der Waals surface area contributed by atoms with Crippen molar-refractivity contribution in [1.82, 2.24) is 14.5 Å². The molecule has 0 aliphatic rings. The number of hydrogen-bond acceptors (Lipinski definition) is 3. The Morgan fingerprint density at radius 1 is 0.615 bits per heavy atom. The molecule has 4 nitrogen and oxygen atoms in total. The molecule has 6 heteroatoms. The van der Waals surface area contributed by atoms with Crippen molar-refractivity contribution in [1.29, 1.82) is 0 Å². The third kappa shape index (κ3) is 8.29. The number of fused-ring (bicyclic) bond motifs is 1. The van der Waals surface area contributed by atoms with Gasteiger partial charge in [0.15, 0.2) is 11.6 Å². The number of nitrogens with zero attached hydrogens (tertiary/aromatic N) is 3. The van der Waals surface area contributed by atoms with Gasteiger partial charge in [0, 0.05) is 40.8 Å². The van der Waals surface area contributed by atoms with Crippen molar-refractivity contribution in [3.8, 4) is 67.5 Å². The van der Waals surface area contributed by atoms with Crippen molar-refractivity contribution in [2.45, 2.75) is 106 Å². The van der Waals surface area contributed by atoms with Crippen molar-refractivity contribution in [2.75, 3.05) is 0 Å². The van der Waals surface area contributed by atoms with Crippen LogP contribution in [0.4, 0.5) is 8.78 Å². The monoisotopic (exact) mass is 877 g/mol. The lowest BCUT2D eigenvalue weighted by atomic mass is 9.65. The van der Waals surface area contributed by atoms with E-state index in [0.717, 1.165) is 39.0 Å². The third-order valence-corrected chi connectivity index (χ3v) is 13.1. The highest BCUT2D eigenvalue weighted by molar-refractivity contribution is 5.98. The van der Waals surface area contributed by atoms with Crippen molar-refractivity contribution in [2.24, 2.45) is 5.41 Å². The second kappa shape index (κ2) is 16.2. The summed E-state index contributed by atoms with van der Waals surface area (Å²) in [6, 6.07) is 32.3. The van der Waals surface area contributed by atoms with Gasteiger partial charge < -0.3 is 5.11 Å². The first kappa shape index (κ1) is 33.1. The summed E-state index contributed by atoms with van der Waals surface area (Å²) in [6.45, 7) is 9.09. The van der Waals surface area contributed by atoms with E-state index in [-0.39, 0.29) is 27.8 Å². The molecule has 65 heavy (non-hydrogen) atoms. The average Bonchev–Trinajstić information content (AvgIpc) is 3.72. The summed E-state index contributed by atoms with van der Waals surface area (Å²) in [5.41, 5.74) is 2.83. The van der Waals surface area contributed by atoms with Gasteiger partial charge >= 0.3 is 0 Å². The molecule has 0 aliphatic heterocycles. The molecule has 6 aromatic carbocycles. The van der Waals surface area contributed by atoms with Gasteiger partial charge in [0.1, 0.15) is 11.6 Å². The molecule has 0 unspecified atom stereocenters. The zero-order valence-corrected chi connectivity index (χ0v) is 38.5. The van der Waals surface area contributed by atoms with Crippen LogP contribution in [0.15, 0.2) is 127 Å². The molecule has 8 aromatic rings. The van der Waals surface area contributed by atoms with Gasteiger partial charge in [-0.25, -0.2) is 13.8 Å².